The number of aryl methyl sites for hydroxylation is 2. The quantitative estimate of drug-likeness (QED) is 0.592. The Kier molecular flexibility index (Phi) is 4.92. The van der Waals surface area contributed by atoms with Gasteiger partial charge >= 0.3 is 0 Å². The number of nitrogens with one attached hydrogen (secondary N) is 2. The number of carbonyl (C=O) groups is 1. The van der Waals surface area contributed by atoms with Crippen LogP contribution in [-0.4, -0.2) is 27.2 Å². The molecule has 0 aliphatic carbocycles. The van der Waals surface area contributed by atoms with E-state index in [1.807, 2.05) is 38.3 Å². The number of carbonyl (C=O) groups excluding carboxylic acids is 1. The summed E-state index contributed by atoms with van der Waals surface area (Å²) in [5.41, 5.74) is 4.17. The highest BCUT2D eigenvalue weighted by Crippen LogP contribution is 2.31. The largest absolute Gasteiger partial charge is 0.435 e. The number of aromatic nitrogens is 2. The predicted octanol–water partition coefficient (Wildman–Crippen LogP) is 4.33. The van der Waals surface area contributed by atoms with Crippen molar-refractivity contribution in [2.24, 2.45) is 0 Å². The van der Waals surface area contributed by atoms with Gasteiger partial charge in [0.25, 0.3) is 5.91 Å². The smallest absolute Gasteiger partial charge is 0.295 e. The third-order valence-electron chi connectivity index (χ3n) is 4.78. The summed E-state index contributed by atoms with van der Waals surface area (Å²) in [7, 11) is 0. The fourth-order valence-corrected chi connectivity index (χ4v) is 3.90. The van der Waals surface area contributed by atoms with Gasteiger partial charge in [-0.05, 0) is 37.5 Å². The molecule has 8 heteroatoms. The Bertz CT molecular complexity index is 1060. The molecule has 1 amide bonds. The van der Waals surface area contributed by atoms with Crippen LogP contribution in [0.3, 0.4) is 0 Å². The molecule has 0 saturated carbocycles. The van der Waals surface area contributed by atoms with Crippen molar-refractivity contribution in [3.05, 3.63) is 46.5 Å². The summed E-state index contributed by atoms with van der Waals surface area (Å²) < 4.78 is 5.70. The topological polar surface area (TPSA) is 100 Å². The molecule has 152 valence electrons. The zero-order chi connectivity index (χ0) is 20.8. The molecule has 3 aromatic rings. The first-order valence-corrected chi connectivity index (χ1v) is 10.4. The summed E-state index contributed by atoms with van der Waals surface area (Å²) in [6.07, 6.45) is 1.00. The van der Waals surface area contributed by atoms with E-state index in [1.54, 1.807) is 6.92 Å². The fourth-order valence-electron chi connectivity index (χ4n) is 3.19. The average Bonchev–Trinajstić information content (AvgIpc) is 3.27. The lowest BCUT2D eigenvalue weighted by Crippen LogP contribution is -2.24. The molecule has 0 saturated heterocycles. The number of oxazole rings is 1. The number of aliphatic hydroxyl groups is 1. The highest BCUT2D eigenvalue weighted by atomic mass is 32.1. The molecule has 2 aromatic heterocycles. The van der Waals surface area contributed by atoms with Gasteiger partial charge in [-0.3, -0.25) is 10.1 Å². The molecule has 1 aliphatic heterocycles. The van der Waals surface area contributed by atoms with Gasteiger partial charge in [0.05, 0.1) is 11.4 Å². The number of nitrogens with zero attached hydrogens (tertiary/aromatic N) is 2. The van der Waals surface area contributed by atoms with Crippen LogP contribution in [0.5, 0.6) is 0 Å². The predicted molar refractivity (Wildman–Crippen MR) is 113 cm³/mol. The molecule has 1 aromatic carbocycles. The molecule has 29 heavy (non-hydrogen) atoms. The fraction of sp³-hybridized carbons (Fsp3) is 0.381. The van der Waals surface area contributed by atoms with E-state index in [0.29, 0.717) is 23.1 Å². The molecule has 1 unspecified atom stereocenters. The molecular formula is C21H24N4O3S. The lowest BCUT2D eigenvalue weighted by atomic mass is 9.97. The lowest BCUT2D eigenvalue weighted by Gasteiger charge is -2.23. The van der Waals surface area contributed by atoms with E-state index in [1.165, 1.54) is 11.3 Å². The maximum Gasteiger partial charge on any atom is 0.295 e. The van der Waals surface area contributed by atoms with Crippen molar-refractivity contribution in [3.8, 4) is 11.3 Å². The van der Waals surface area contributed by atoms with Crippen molar-refractivity contribution in [3.63, 3.8) is 0 Å². The van der Waals surface area contributed by atoms with Crippen LogP contribution in [0.15, 0.2) is 28.0 Å². The van der Waals surface area contributed by atoms with E-state index >= 15 is 0 Å². The van der Waals surface area contributed by atoms with Crippen molar-refractivity contribution < 1.29 is 14.3 Å². The first-order valence-electron chi connectivity index (χ1n) is 9.53. The summed E-state index contributed by atoms with van der Waals surface area (Å²) in [6, 6.07) is 5.99. The third-order valence-corrected chi connectivity index (χ3v) is 5.54. The van der Waals surface area contributed by atoms with Crippen molar-refractivity contribution >= 4 is 28.1 Å². The molecule has 7 nitrogen and oxygen atoms in total. The van der Waals surface area contributed by atoms with Gasteiger partial charge in [-0.15, -0.1) is 11.3 Å². The van der Waals surface area contributed by atoms with Crippen LogP contribution in [0.25, 0.3) is 11.3 Å². The van der Waals surface area contributed by atoms with E-state index in [4.69, 9.17) is 4.42 Å². The van der Waals surface area contributed by atoms with Crippen LogP contribution < -0.4 is 10.6 Å². The number of amides is 1. The van der Waals surface area contributed by atoms with Crippen LogP contribution in [-0.2, 0) is 11.8 Å². The van der Waals surface area contributed by atoms with Crippen molar-refractivity contribution in [1.82, 2.24) is 9.97 Å². The summed E-state index contributed by atoms with van der Waals surface area (Å²) in [6.45, 7) is 7.73. The first-order chi connectivity index (χ1) is 13.7. The van der Waals surface area contributed by atoms with E-state index in [2.05, 4.69) is 26.7 Å². The number of fused-ring (bicyclic) bond motifs is 1. The van der Waals surface area contributed by atoms with Gasteiger partial charge in [-0.25, -0.2) is 9.97 Å². The second-order valence-electron chi connectivity index (χ2n) is 8.25. The molecule has 0 bridgehead atoms. The van der Waals surface area contributed by atoms with Crippen LogP contribution in [0.2, 0.25) is 0 Å². The second kappa shape index (κ2) is 7.27. The lowest BCUT2D eigenvalue weighted by molar-refractivity contribution is 0.0992. The van der Waals surface area contributed by atoms with Gasteiger partial charge in [0.15, 0.2) is 5.13 Å². The van der Waals surface area contributed by atoms with E-state index in [0.717, 1.165) is 28.9 Å². The van der Waals surface area contributed by atoms with Crippen molar-refractivity contribution in [2.75, 3.05) is 10.6 Å². The number of hydrogen-bond donors (Lipinski definition) is 3. The van der Waals surface area contributed by atoms with Gasteiger partial charge in [-0.1, -0.05) is 26.8 Å². The minimum atomic E-state index is -0.493. The van der Waals surface area contributed by atoms with Crippen molar-refractivity contribution in [1.29, 1.82) is 0 Å². The molecule has 4 rings (SSSR count). The Morgan fingerprint density at radius 1 is 1.34 bits per heavy atom. The molecule has 3 heterocycles. The molecular weight excluding hydrogens is 388 g/mol. The number of rotatable bonds is 3. The number of anilines is 2. The molecule has 1 atom stereocenters. The number of benzene rings is 1. The second-order valence-corrected chi connectivity index (χ2v) is 9.10. The van der Waals surface area contributed by atoms with Gasteiger partial charge in [0.1, 0.15) is 6.23 Å². The first kappa shape index (κ1) is 19.6. The molecule has 0 radical (unpaired) electrons. The van der Waals surface area contributed by atoms with Crippen LogP contribution in [0.4, 0.5) is 10.8 Å². The molecule has 1 aliphatic rings. The maximum absolute atomic E-state index is 12.6. The van der Waals surface area contributed by atoms with Gasteiger partial charge in [0, 0.05) is 22.0 Å². The van der Waals surface area contributed by atoms with E-state index < -0.39 is 6.23 Å². The molecule has 0 fully saturated rings. The Morgan fingerprint density at radius 3 is 2.86 bits per heavy atom. The minimum Gasteiger partial charge on any atom is -0.435 e. The minimum absolute atomic E-state index is 0.213. The van der Waals surface area contributed by atoms with Crippen LogP contribution in [0.1, 0.15) is 54.9 Å². The average molecular weight is 413 g/mol. The number of thiazole rings is 1. The normalized spacial score (nSPS) is 16.2. The Labute approximate surface area is 173 Å². The van der Waals surface area contributed by atoms with E-state index in [-0.39, 0.29) is 17.1 Å². The van der Waals surface area contributed by atoms with Crippen LogP contribution >= 0.6 is 11.3 Å². The Balaban J connectivity index is 1.51. The Hall–Kier alpha value is -2.71. The summed E-state index contributed by atoms with van der Waals surface area (Å²) in [5.74, 6) is 0.396. The number of aliphatic hydroxyl groups excluding tert-OH is 1. The highest BCUT2D eigenvalue weighted by molar-refractivity contribution is 7.14. The summed E-state index contributed by atoms with van der Waals surface area (Å²) in [4.78, 5) is 21.6. The zero-order valence-electron chi connectivity index (χ0n) is 16.9. The van der Waals surface area contributed by atoms with Crippen molar-refractivity contribution in [2.45, 2.75) is 52.2 Å². The number of hydrogen-bond acceptors (Lipinski definition) is 7. The van der Waals surface area contributed by atoms with E-state index in [9.17, 15) is 9.90 Å². The summed E-state index contributed by atoms with van der Waals surface area (Å²) >= 11 is 1.36. The maximum atomic E-state index is 12.6. The summed E-state index contributed by atoms with van der Waals surface area (Å²) in [5, 5.41) is 18.0. The standard InChI is InChI=1S/C21H24N4O3S/c1-11-17(28-19(22-11)21(2,3)4)18(27)25-20-24-15(10-29-20)13-5-7-14-12(9-13)6-8-16(26)23-14/h5,7,9-10,16,23,26H,6,8H2,1-4H3,(H,24,25,27). The highest BCUT2D eigenvalue weighted by Gasteiger charge is 2.25. The monoisotopic (exact) mass is 412 g/mol. The van der Waals surface area contributed by atoms with Gasteiger partial charge in [0.2, 0.25) is 11.7 Å². The van der Waals surface area contributed by atoms with Gasteiger partial charge in [-0.2, -0.15) is 0 Å². The molecule has 3 N–H and O–H groups in total. The Morgan fingerprint density at radius 2 is 2.14 bits per heavy atom. The van der Waals surface area contributed by atoms with Crippen LogP contribution in [0, 0.1) is 6.92 Å². The molecule has 0 spiro atoms. The SMILES string of the molecule is Cc1nc(C(C)(C)C)oc1C(=O)Nc1nc(-c2ccc3c(c2)CCC(O)N3)cs1. The third kappa shape index (κ3) is 4.04. The van der Waals surface area contributed by atoms with Gasteiger partial charge < -0.3 is 14.8 Å². The zero-order valence-corrected chi connectivity index (χ0v) is 17.7.